The first kappa shape index (κ1) is 11.9. The minimum atomic E-state index is 0.545. The van der Waals surface area contributed by atoms with E-state index in [4.69, 9.17) is 0 Å². The Balaban J connectivity index is 2.20. The Labute approximate surface area is 109 Å². The first-order valence-electron chi connectivity index (χ1n) is 5.20. The van der Waals surface area contributed by atoms with Gasteiger partial charge in [-0.1, -0.05) is 0 Å². The van der Waals surface area contributed by atoms with Gasteiger partial charge in [0, 0.05) is 0 Å². The van der Waals surface area contributed by atoms with E-state index in [-0.39, 0.29) is 0 Å². The Morgan fingerprint density at radius 1 is 0.875 bits per heavy atom. The maximum absolute atomic E-state index is 3.79. The molecule has 2 heteroatoms. The molecule has 0 saturated carbocycles. The fraction of sp³-hybridized carbons (Fsp3) is 0.143. The van der Waals surface area contributed by atoms with E-state index >= 15 is 0 Å². The molecule has 0 unspecified atom stereocenters. The van der Waals surface area contributed by atoms with E-state index in [0.717, 1.165) is 12.8 Å². The average Bonchev–Trinajstić information content (AvgIpc) is 2.87. The molecule has 0 atom stereocenters. The normalized spacial score (nSPS) is 10.2. The summed E-state index contributed by atoms with van der Waals surface area (Å²) >= 11 is 1.09. The molecule has 0 aliphatic carbocycles. The summed E-state index contributed by atoms with van der Waals surface area (Å²) in [5.41, 5.74) is 2.89. The van der Waals surface area contributed by atoms with Gasteiger partial charge < -0.3 is 0 Å². The first-order valence-corrected chi connectivity index (χ1v) is 8.89. The molecule has 0 aromatic carbocycles. The van der Waals surface area contributed by atoms with Crippen LogP contribution in [0, 0.1) is 0 Å². The van der Waals surface area contributed by atoms with E-state index in [2.05, 4.69) is 35.2 Å². The predicted octanol–water partition coefficient (Wildman–Crippen LogP) is 2.92. The summed E-state index contributed by atoms with van der Waals surface area (Å²) < 4.78 is 3.14. The second-order valence-corrected chi connectivity index (χ2v) is 7.45. The van der Waals surface area contributed by atoms with E-state index in [1.165, 1.54) is 11.1 Å². The van der Waals surface area contributed by atoms with Crippen LogP contribution in [0.25, 0.3) is 8.87 Å². The van der Waals surface area contributed by atoms with E-state index < -0.39 is 0 Å². The van der Waals surface area contributed by atoms with Crippen LogP contribution < -0.4 is 0 Å². The predicted molar refractivity (Wildman–Crippen MR) is 73.6 cm³/mol. The molecule has 0 N–H and O–H groups in total. The summed E-state index contributed by atoms with van der Waals surface area (Å²) in [4.78, 5) is 4.76. The third-order valence-electron chi connectivity index (χ3n) is 2.31. The zero-order chi connectivity index (χ0) is 11.4. The zero-order valence-corrected chi connectivity index (χ0v) is 12.5. The maximum atomic E-state index is 3.79. The second kappa shape index (κ2) is 5.70. The molecular formula is C14H14Se2. The molecule has 0 fully saturated rings. The SMILES string of the molecule is C=CCc1c[se]c(-c2cc(CC=C)c[se]2)c1. The Kier molecular flexibility index (Phi) is 4.26. The van der Waals surface area contributed by atoms with E-state index in [1.54, 1.807) is 8.87 Å². The van der Waals surface area contributed by atoms with Gasteiger partial charge in [0.1, 0.15) is 0 Å². The molecule has 0 aliphatic rings. The fourth-order valence-corrected chi connectivity index (χ4v) is 6.12. The van der Waals surface area contributed by atoms with Gasteiger partial charge >= 0.3 is 109 Å². The van der Waals surface area contributed by atoms with Crippen LogP contribution in [0.3, 0.4) is 0 Å². The molecule has 82 valence electrons. The summed E-state index contributed by atoms with van der Waals surface area (Å²) in [6.07, 6.45) is 5.99. The van der Waals surface area contributed by atoms with E-state index in [9.17, 15) is 0 Å². The van der Waals surface area contributed by atoms with Crippen LogP contribution in [0.4, 0.5) is 0 Å². The third kappa shape index (κ3) is 2.78. The molecule has 0 spiro atoms. The van der Waals surface area contributed by atoms with E-state index in [0.29, 0.717) is 29.0 Å². The second-order valence-electron chi connectivity index (χ2n) is 3.62. The Morgan fingerprint density at radius 2 is 1.31 bits per heavy atom. The minimum absolute atomic E-state index is 0.545. The van der Waals surface area contributed by atoms with Crippen molar-refractivity contribution in [3.8, 4) is 8.87 Å². The number of hydrogen-bond acceptors (Lipinski definition) is 0. The first-order chi connectivity index (χ1) is 7.83. The monoisotopic (exact) mass is 342 g/mol. The van der Waals surface area contributed by atoms with Crippen molar-refractivity contribution >= 4 is 29.0 Å². The van der Waals surface area contributed by atoms with Crippen molar-refractivity contribution < 1.29 is 0 Å². The van der Waals surface area contributed by atoms with Crippen LogP contribution in [0.1, 0.15) is 11.1 Å². The van der Waals surface area contributed by atoms with Gasteiger partial charge in [-0.3, -0.25) is 0 Å². The molecule has 0 nitrogen and oxygen atoms in total. The van der Waals surface area contributed by atoms with Gasteiger partial charge in [0.15, 0.2) is 0 Å². The molecule has 2 heterocycles. The zero-order valence-electron chi connectivity index (χ0n) is 9.11. The number of rotatable bonds is 5. The van der Waals surface area contributed by atoms with Crippen molar-refractivity contribution in [2.75, 3.05) is 0 Å². The molecule has 0 saturated heterocycles. The Morgan fingerprint density at radius 3 is 1.69 bits per heavy atom. The topological polar surface area (TPSA) is 0 Å². The van der Waals surface area contributed by atoms with Crippen LogP contribution in [0.2, 0.25) is 0 Å². The van der Waals surface area contributed by atoms with Crippen molar-refractivity contribution in [2.24, 2.45) is 0 Å². The van der Waals surface area contributed by atoms with Crippen molar-refractivity contribution in [1.82, 2.24) is 0 Å². The molecule has 2 aromatic rings. The molecular weight excluding hydrogens is 326 g/mol. The molecule has 16 heavy (non-hydrogen) atoms. The van der Waals surface area contributed by atoms with Gasteiger partial charge in [-0.05, 0) is 0 Å². The molecule has 0 bridgehead atoms. The van der Waals surface area contributed by atoms with Crippen LogP contribution in [-0.2, 0) is 12.8 Å². The fourth-order valence-electron chi connectivity index (χ4n) is 1.56. The quantitative estimate of drug-likeness (QED) is 0.580. The van der Waals surface area contributed by atoms with Gasteiger partial charge in [-0.25, -0.2) is 0 Å². The van der Waals surface area contributed by atoms with Gasteiger partial charge in [-0.2, -0.15) is 0 Å². The van der Waals surface area contributed by atoms with Crippen LogP contribution in [0.15, 0.2) is 47.3 Å². The van der Waals surface area contributed by atoms with Crippen LogP contribution in [-0.4, -0.2) is 29.0 Å². The van der Waals surface area contributed by atoms with Crippen molar-refractivity contribution in [1.29, 1.82) is 0 Å². The van der Waals surface area contributed by atoms with Gasteiger partial charge in [0.25, 0.3) is 0 Å². The standard InChI is InChI=1S/C14H14Se2/c1-3-5-11-7-13(15-9-11)14-8-12(6-4-2)10-16-14/h3-4,7-10H,1-2,5-6H2. The van der Waals surface area contributed by atoms with Gasteiger partial charge in [-0.15, -0.1) is 0 Å². The summed E-state index contributed by atoms with van der Waals surface area (Å²) in [6, 6.07) is 4.72. The van der Waals surface area contributed by atoms with Gasteiger partial charge in [0.05, 0.1) is 0 Å². The summed E-state index contributed by atoms with van der Waals surface area (Å²) in [5.74, 6) is 0. The van der Waals surface area contributed by atoms with E-state index in [1.807, 2.05) is 12.2 Å². The summed E-state index contributed by atoms with van der Waals surface area (Å²) in [5, 5.41) is 0. The molecule has 0 radical (unpaired) electrons. The Bertz CT molecular complexity index is 442. The summed E-state index contributed by atoms with van der Waals surface area (Å²) in [6.45, 7) is 7.58. The number of hydrogen-bond donors (Lipinski definition) is 0. The molecule has 0 aliphatic heterocycles. The average molecular weight is 340 g/mol. The van der Waals surface area contributed by atoms with Crippen molar-refractivity contribution in [3.05, 3.63) is 58.5 Å². The number of allylic oxidation sites excluding steroid dienone is 2. The van der Waals surface area contributed by atoms with Crippen LogP contribution >= 0.6 is 0 Å². The van der Waals surface area contributed by atoms with Crippen molar-refractivity contribution in [2.45, 2.75) is 12.8 Å². The summed E-state index contributed by atoms with van der Waals surface area (Å²) in [7, 11) is 0. The molecule has 2 aromatic heterocycles. The van der Waals surface area contributed by atoms with Crippen molar-refractivity contribution in [3.63, 3.8) is 0 Å². The molecule has 0 amide bonds. The van der Waals surface area contributed by atoms with Crippen LogP contribution in [0.5, 0.6) is 0 Å². The Hall–Kier alpha value is -0.521. The molecule has 2 rings (SSSR count). The van der Waals surface area contributed by atoms with Gasteiger partial charge in [0.2, 0.25) is 0 Å². The third-order valence-corrected chi connectivity index (χ3v) is 7.21.